The lowest BCUT2D eigenvalue weighted by molar-refractivity contribution is 0.0773. The second kappa shape index (κ2) is 9.12. The minimum atomic E-state index is -0.0649. The molecule has 0 aliphatic carbocycles. The number of halogens is 1. The molecular formula is C17H22ClN3O2. The lowest BCUT2D eigenvalue weighted by atomic mass is 10.2. The summed E-state index contributed by atoms with van der Waals surface area (Å²) in [6.45, 7) is 3.29. The Morgan fingerprint density at radius 1 is 1.30 bits per heavy atom. The van der Waals surface area contributed by atoms with Crippen molar-refractivity contribution in [2.24, 2.45) is 5.73 Å². The highest BCUT2D eigenvalue weighted by Crippen LogP contribution is 2.12. The Morgan fingerprint density at radius 3 is 2.78 bits per heavy atom. The Morgan fingerprint density at radius 2 is 2.09 bits per heavy atom. The lowest BCUT2D eigenvalue weighted by Gasteiger charge is -2.18. The second-order valence-corrected chi connectivity index (χ2v) is 5.13. The summed E-state index contributed by atoms with van der Waals surface area (Å²) < 4.78 is 5.66. The van der Waals surface area contributed by atoms with Crippen molar-refractivity contribution in [3.8, 4) is 5.75 Å². The molecule has 2 N–H and O–H groups in total. The highest BCUT2D eigenvalue weighted by molar-refractivity contribution is 5.94. The Labute approximate surface area is 142 Å². The summed E-state index contributed by atoms with van der Waals surface area (Å²) >= 11 is 0. The van der Waals surface area contributed by atoms with Crippen LogP contribution >= 0.6 is 12.4 Å². The van der Waals surface area contributed by atoms with E-state index in [1.165, 1.54) is 0 Å². The maximum atomic E-state index is 12.3. The maximum absolute atomic E-state index is 12.3. The molecule has 0 saturated carbocycles. The van der Waals surface area contributed by atoms with Crippen molar-refractivity contribution in [1.29, 1.82) is 0 Å². The molecule has 2 aromatic rings. The first-order chi connectivity index (χ1) is 10.6. The van der Waals surface area contributed by atoms with Gasteiger partial charge in [0.2, 0.25) is 0 Å². The topological polar surface area (TPSA) is 68.5 Å². The van der Waals surface area contributed by atoms with Gasteiger partial charge in [0.1, 0.15) is 12.4 Å². The van der Waals surface area contributed by atoms with Gasteiger partial charge in [-0.05, 0) is 36.8 Å². The summed E-state index contributed by atoms with van der Waals surface area (Å²) in [4.78, 5) is 18.0. The molecule has 0 spiro atoms. The number of nitrogens with zero attached hydrogens (tertiary/aromatic N) is 2. The number of pyridine rings is 1. The van der Waals surface area contributed by atoms with E-state index in [4.69, 9.17) is 10.5 Å². The van der Waals surface area contributed by atoms with Crippen LogP contribution in [-0.2, 0) is 6.54 Å². The van der Waals surface area contributed by atoms with Crippen molar-refractivity contribution in [1.82, 2.24) is 9.88 Å². The number of hydrogen-bond acceptors (Lipinski definition) is 4. The number of carbonyl (C=O) groups excluding carboxylic acids is 1. The first-order valence-electron chi connectivity index (χ1n) is 7.20. The number of aryl methyl sites for hydroxylation is 1. The Kier molecular flexibility index (Phi) is 7.51. The Bertz CT molecular complexity index is 649. The number of hydrogen-bond donors (Lipinski definition) is 1. The van der Waals surface area contributed by atoms with Crippen LogP contribution in [-0.4, -0.2) is 36.0 Å². The normalized spacial score (nSPS) is 9.87. The van der Waals surface area contributed by atoms with Crippen molar-refractivity contribution in [2.75, 3.05) is 20.2 Å². The third kappa shape index (κ3) is 5.54. The molecule has 5 nitrogen and oxygen atoms in total. The quantitative estimate of drug-likeness (QED) is 0.880. The monoisotopic (exact) mass is 335 g/mol. The van der Waals surface area contributed by atoms with Crippen LogP contribution in [0.25, 0.3) is 0 Å². The summed E-state index contributed by atoms with van der Waals surface area (Å²) in [6.07, 6.45) is 1.60. The molecule has 6 heteroatoms. The molecule has 124 valence electrons. The van der Waals surface area contributed by atoms with Gasteiger partial charge < -0.3 is 15.4 Å². The van der Waals surface area contributed by atoms with Crippen LogP contribution in [0, 0.1) is 6.92 Å². The predicted molar refractivity (Wildman–Crippen MR) is 93.0 cm³/mol. The van der Waals surface area contributed by atoms with Gasteiger partial charge in [-0.3, -0.25) is 9.78 Å². The third-order valence-electron chi connectivity index (χ3n) is 3.30. The van der Waals surface area contributed by atoms with E-state index in [1.54, 1.807) is 30.3 Å². The van der Waals surface area contributed by atoms with E-state index in [9.17, 15) is 4.79 Å². The molecule has 1 amide bonds. The molecule has 0 fully saturated rings. The van der Waals surface area contributed by atoms with Crippen LogP contribution in [0.4, 0.5) is 0 Å². The fourth-order valence-corrected chi connectivity index (χ4v) is 2.05. The lowest BCUT2D eigenvalue weighted by Crippen LogP contribution is -2.31. The average Bonchev–Trinajstić information content (AvgIpc) is 2.54. The zero-order valence-electron chi connectivity index (χ0n) is 13.4. The standard InChI is InChI=1S/C17H21N3O2.ClH/c1-13-4-3-5-16(10-13)22-9-8-20(2)17(21)14-6-7-19-15(11-14)12-18;/h3-7,10-11H,8-9,12,18H2,1-2H3;1H. The van der Waals surface area contributed by atoms with Gasteiger partial charge >= 0.3 is 0 Å². The second-order valence-electron chi connectivity index (χ2n) is 5.13. The molecular weight excluding hydrogens is 314 g/mol. The van der Waals surface area contributed by atoms with Crippen molar-refractivity contribution < 1.29 is 9.53 Å². The fourth-order valence-electron chi connectivity index (χ4n) is 2.05. The van der Waals surface area contributed by atoms with Crippen LogP contribution in [0.5, 0.6) is 5.75 Å². The molecule has 1 heterocycles. The molecule has 0 saturated heterocycles. The fraction of sp³-hybridized carbons (Fsp3) is 0.294. The largest absolute Gasteiger partial charge is 0.492 e. The van der Waals surface area contributed by atoms with E-state index < -0.39 is 0 Å². The highest BCUT2D eigenvalue weighted by Gasteiger charge is 2.12. The van der Waals surface area contributed by atoms with Gasteiger partial charge in [0.15, 0.2) is 0 Å². The summed E-state index contributed by atoms with van der Waals surface area (Å²) in [6, 6.07) is 11.3. The minimum absolute atomic E-state index is 0. The molecule has 1 aromatic carbocycles. The van der Waals surface area contributed by atoms with E-state index in [0.717, 1.165) is 11.3 Å². The van der Waals surface area contributed by atoms with E-state index >= 15 is 0 Å². The molecule has 2 rings (SSSR count). The zero-order valence-corrected chi connectivity index (χ0v) is 14.2. The number of rotatable bonds is 6. The van der Waals surface area contributed by atoms with Gasteiger partial charge in [-0.1, -0.05) is 12.1 Å². The molecule has 0 atom stereocenters. The molecule has 0 radical (unpaired) electrons. The minimum Gasteiger partial charge on any atom is -0.492 e. The van der Waals surface area contributed by atoms with E-state index in [-0.39, 0.29) is 18.3 Å². The van der Waals surface area contributed by atoms with Gasteiger partial charge in [0, 0.05) is 25.4 Å². The number of benzene rings is 1. The van der Waals surface area contributed by atoms with Crippen molar-refractivity contribution in [3.05, 3.63) is 59.4 Å². The zero-order chi connectivity index (χ0) is 15.9. The molecule has 23 heavy (non-hydrogen) atoms. The number of nitrogens with two attached hydrogens (primary N) is 1. The Balaban J connectivity index is 0.00000264. The van der Waals surface area contributed by atoms with Gasteiger partial charge in [0.25, 0.3) is 5.91 Å². The maximum Gasteiger partial charge on any atom is 0.253 e. The van der Waals surface area contributed by atoms with E-state index in [1.807, 2.05) is 31.2 Å². The van der Waals surface area contributed by atoms with Gasteiger partial charge in [-0.15, -0.1) is 12.4 Å². The van der Waals surface area contributed by atoms with Crippen molar-refractivity contribution >= 4 is 18.3 Å². The molecule has 0 unspecified atom stereocenters. The van der Waals surface area contributed by atoms with Gasteiger partial charge in [0.05, 0.1) is 12.2 Å². The number of amides is 1. The van der Waals surface area contributed by atoms with Gasteiger partial charge in [-0.2, -0.15) is 0 Å². The average molecular weight is 336 g/mol. The smallest absolute Gasteiger partial charge is 0.253 e. The summed E-state index contributed by atoms with van der Waals surface area (Å²) in [5.74, 6) is 0.750. The van der Waals surface area contributed by atoms with Crippen LogP contribution in [0.1, 0.15) is 21.6 Å². The molecule has 0 bridgehead atoms. The SMILES string of the molecule is Cc1cccc(OCCN(C)C(=O)c2ccnc(CN)c2)c1.Cl. The summed E-state index contributed by atoms with van der Waals surface area (Å²) in [5.41, 5.74) is 7.99. The van der Waals surface area contributed by atoms with Crippen molar-refractivity contribution in [2.45, 2.75) is 13.5 Å². The summed E-state index contributed by atoms with van der Waals surface area (Å²) in [7, 11) is 1.75. The van der Waals surface area contributed by atoms with Crippen LogP contribution in [0.3, 0.4) is 0 Å². The number of likely N-dealkylation sites (N-methyl/N-ethyl adjacent to an activating group) is 1. The number of aromatic nitrogens is 1. The first-order valence-corrected chi connectivity index (χ1v) is 7.20. The molecule has 0 aliphatic heterocycles. The van der Waals surface area contributed by atoms with E-state index in [2.05, 4.69) is 4.98 Å². The molecule has 0 aliphatic rings. The first kappa shape index (κ1) is 18.9. The van der Waals surface area contributed by atoms with Crippen LogP contribution < -0.4 is 10.5 Å². The van der Waals surface area contributed by atoms with Crippen molar-refractivity contribution in [3.63, 3.8) is 0 Å². The third-order valence-corrected chi connectivity index (χ3v) is 3.30. The predicted octanol–water partition coefficient (Wildman–Crippen LogP) is 2.42. The van der Waals surface area contributed by atoms with Crippen LogP contribution in [0.15, 0.2) is 42.6 Å². The van der Waals surface area contributed by atoms with Gasteiger partial charge in [-0.25, -0.2) is 0 Å². The highest BCUT2D eigenvalue weighted by atomic mass is 35.5. The van der Waals surface area contributed by atoms with Crippen LogP contribution in [0.2, 0.25) is 0 Å². The number of carbonyl (C=O) groups is 1. The number of ether oxygens (including phenoxy) is 1. The summed E-state index contributed by atoms with van der Waals surface area (Å²) in [5, 5.41) is 0. The van der Waals surface area contributed by atoms with E-state index in [0.29, 0.717) is 31.0 Å². The molecule has 1 aromatic heterocycles. The Hall–Kier alpha value is -2.11.